The molecule has 9 heteroatoms. The fourth-order valence-corrected chi connectivity index (χ4v) is 6.92. The van der Waals surface area contributed by atoms with Gasteiger partial charge in [-0.15, -0.1) is 0 Å². The van der Waals surface area contributed by atoms with Crippen molar-refractivity contribution in [2.24, 2.45) is 0 Å². The van der Waals surface area contributed by atoms with E-state index < -0.39 is 37.0 Å². The van der Waals surface area contributed by atoms with Crippen LogP contribution in [-0.2, 0) is 25.1 Å². The molecule has 0 aromatic heterocycles. The zero-order chi connectivity index (χ0) is 25.9. The van der Waals surface area contributed by atoms with Gasteiger partial charge in [0.1, 0.15) is 5.54 Å². The summed E-state index contributed by atoms with van der Waals surface area (Å²) < 4.78 is 35.3. The van der Waals surface area contributed by atoms with Crippen molar-refractivity contribution in [2.45, 2.75) is 36.6 Å². The molecule has 0 spiro atoms. The van der Waals surface area contributed by atoms with Gasteiger partial charge in [-0.05, 0) is 23.6 Å². The number of allylic oxidation sites excluding steroid dienone is 1. The highest BCUT2D eigenvalue weighted by molar-refractivity contribution is 7.89. The lowest BCUT2D eigenvalue weighted by Crippen LogP contribution is -2.46. The Hall–Kier alpha value is -3.98. The number of sulfonamides is 1. The van der Waals surface area contributed by atoms with Gasteiger partial charge in [0.25, 0.3) is 15.7 Å². The number of hydrogen-bond donors (Lipinski definition) is 0. The number of methoxy groups -OCH3 is 1. The molecule has 0 fully saturated rings. The van der Waals surface area contributed by atoms with Crippen molar-refractivity contribution in [2.75, 3.05) is 7.11 Å². The van der Waals surface area contributed by atoms with E-state index in [1.54, 1.807) is 48.5 Å². The third kappa shape index (κ3) is 4.05. The first-order valence-electron chi connectivity index (χ1n) is 11.5. The van der Waals surface area contributed by atoms with E-state index in [1.165, 1.54) is 35.7 Å². The first-order chi connectivity index (χ1) is 17.3. The van der Waals surface area contributed by atoms with Crippen LogP contribution in [0.2, 0.25) is 0 Å². The number of nitrogens with zero attached hydrogens (tertiary/aromatic N) is 2. The predicted molar refractivity (Wildman–Crippen MR) is 134 cm³/mol. The van der Waals surface area contributed by atoms with Crippen molar-refractivity contribution in [1.29, 1.82) is 0 Å². The standard InChI is InChI=1S/C27H26N2O6S/c1-3-12-23-22(26(30)35-2)19-27(20-13-6-4-7-14-20,21-15-8-5-9-16-21)28(23)36(33,34)25-18-11-10-17-24(25)29(31)32/h4-11,13-18H,3,12,19H2,1-2H3. The summed E-state index contributed by atoms with van der Waals surface area (Å²) >= 11 is 0. The number of ether oxygens (including phenoxy) is 1. The van der Waals surface area contributed by atoms with E-state index in [0.717, 1.165) is 0 Å². The van der Waals surface area contributed by atoms with Crippen molar-refractivity contribution < 1.29 is 22.9 Å². The van der Waals surface area contributed by atoms with E-state index in [4.69, 9.17) is 4.74 Å². The molecule has 1 aliphatic rings. The highest BCUT2D eigenvalue weighted by atomic mass is 32.2. The van der Waals surface area contributed by atoms with Crippen LogP contribution in [0.3, 0.4) is 0 Å². The monoisotopic (exact) mass is 506 g/mol. The third-order valence-corrected chi connectivity index (χ3v) is 8.29. The fourth-order valence-electron chi connectivity index (χ4n) is 4.89. The molecule has 0 saturated heterocycles. The largest absolute Gasteiger partial charge is 0.466 e. The smallest absolute Gasteiger partial charge is 0.335 e. The molecule has 4 rings (SSSR count). The minimum atomic E-state index is -4.54. The molecule has 0 saturated carbocycles. The minimum absolute atomic E-state index is 0.0168. The van der Waals surface area contributed by atoms with Gasteiger partial charge in [-0.1, -0.05) is 86.1 Å². The van der Waals surface area contributed by atoms with Gasteiger partial charge in [0.2, 0.25) is 0 Å². The molecule has 186 valence electrons. The molecule has 0 aliphatic carbocycles. The van der Waals surface area contributed by atoms with Crippen LogP contribution in [0.25, 0.3) is 0 Å². The van der Waals surface area contributed by atoms with E-state index >= 15 is 0 Å². The molecule has 3 aromatic carbocycles. The Bertz CT molecular complexity index is 1380. The van der Waals surface area contributed by atoms with Crippen molar-refractivity contribution in [3.8, 4) is 0 Å². The zero-order valence-electron chi connectivity index (χ0n) is 20.0. The van der Waals surface area contributed by atoms with Crippen LogP contribution in [0.15, 0.2) is 101 Å². The number of esters is 1. The van der Waals surface area contributed by atoms with E-state index in [9.17, 15) is 23.3 Å². The van der Waals surface area contributed by atoms with E-state index in [1.807, 2.05) is 19.1 Å². The number of nitro groups is 1. The van der Waals surface area contributed by atoms with Gasteiger partial charge in [-0.2, -0.15) is 0 Å². The van der Waals surface area contributed by atoms with Crippen molar-refractivity contribution in [3.63, 3.8) is 0 Å². The van der Waals surface area contributed by atoms with Crippen LogP contribution in [0.1, 0.15) is 37.3 Å². The highest BCUT2D eigenvalue weighted by Crippen LogP contribution is 2.53. The van der Waals surface area contributed by atoms with Crippen LogP contribution >= 0.6 is 0 Å². The molecule has 8 nitrogen and oxygen atoms in total. The SMILES string of the molecule is CCCC1=C(C(=O)OC)CC(c2ccccc2)(c2ccccc2)N1S(=O)(=O)c1ccccc1[N+](=O)[O-]. The lowest BCUT2D eigenvalue weighted by Gasteiger charge is -2.41. The molecule has 0 bridgehead atoms. The average Bonchev–Trinajstić information content (AvgIpc) is 3.26. The van der Waals surface area contributed by atoms with Gasteiger partial charge < -0.3 is 4.74 Å². The number of carbonyl (C=O) groups excluding carboxylic acids is 1. The van der Waals surface area contributed by atoms with Crippen LogP contribution in [0, 0.1) is 10.1 Å². The molecular formula is C27H26N2O6S. The summed E-state index contributed by atoms with van der Waals surface area (Å²) in [5.41, 5.74) is -0.130. The van der Waals surface area contributed by atoms with E-state index in [-0.39, 0.29) is 24.1 Å². The van der Waals surface area contributed by atoms with Crippen LogP contribution in [0.4, 0.5) is 5.69 Å². The van der Waals surface area contributed by atoms with Crippen molar-refractivity contribution >= 4 is 21.7 Å². The summed E-state index contributed by atoms with van der Waals surface area (Å²) in [6.07, 6.45) is 0.812. The fraction of sp³-hybridized carbons (Fsp3) is 0.222. The Balaban J connectivity index is 2.14. The molecule has 1 heterocycles. The number of nitro benzene ring substituents is 1. The third-order valence-electron chi connectivity index (χ3n) is 6.37. The maximum absolute atomic E-state index is 14.5. The summed E-state index contributed by atoms with van der Waals surface area (Å²) in [5.74, 6) is -0.630. The Labute approximate surface area is 210 Å². The van der Waals surface area contributed by atoms with Crippen LogP contribution in [0.5, 0.6) is 0 Å². The van der Waals surface area contributed by atoms with Gasteiger partial charge in [0, 0.05) is 18.2 Å². The molecule has 0 atom stereocenters. The highest BCUT2D eigenvalue weighted by Gasteiger charge is 2.55. The zero-order valence-corrected chi connectivity index (χ0v) is 20.8. The van der Waals surface area contributed by atoms with Gasteiger partial charge in [-0.25, -0.2) is 13.2 Å². The molecule has 36 heavy (non-hydrogen) atoms. The summed E-state index contributed by atoms with van der Waals surface area (Å²) in [4.78, 5) is 23.7. The number of para-hydroxylation sites is 1. The second-order valence-electron chi connectivity index (χ2n) is 8.43. The molecule has 0 amide bonds. The summed E-state index contributed by atoms with van der Waals surface area (Å²) in [6.45, 7) is 1.88. The van der Waals surface area contributed by atoms with E-state index in [0.29, 0.717) is 17.5 Å². The molecule has 3 aromatic rings. The first kappa shape index (κ1) is 25.1. The number of carbonyl (C=O) groups is 1. The number of rotatable bonds is 8. The summed E-state index contributed by atoms with van der Waals surface area (Å²) in [6, 6.07) is 23.3. The van der Waals surface area contributed by atoms with E-state index in [2.05, 4.69) is 0 Å². The maximum Gasteiger partial charge on any atom is 0.335 e. The normalized spacial score (nSPS) is 15.1. The molecule has 1 aliphatic heterocycles. The summed E-state index contributed by atoms with van der Waals surface area (Å²) in [7, 11) is -3.28. The van der Waals surface area contributed by atoms with Crippen molar-refractivity contribution in [1.82, 2.24) is 4.31 Å². The minimum Gasteiger partial charge on any atom is -0.466 e. The Kier molecular flexibility index (Phi) is 6.94. The average molecular weight is 507 g/mol. The van der Waals surface area contributed by atoms with Crippen LogP contribution in [-0.4, -0.2) is 30.7 Å². The van der Waals surface area contributed by atoms with Crippen molar-refractivity contribution in [3.05, 3.63) is 117 Å². The molecule has 0 unspecified atom stereocenters. The van der Waals surface area contributed by atoms with Gasteiger partial charge >= 0.3 is 5.97 Å². The quantitative estimate of drug-likeness (QED) is 0.237. The topological polar surface area (TPSA) is 107 Å². The second kappa shape index (κ2) is 9.94. The molecular weight excluding hydrogens is 480 g/mol. The maximum atomic E-state index is 14.5. The predicted octanol–water partition coefficient (Wildman–Crippen LogP) is 5.16. The Morgan fingerprint density at radius 3 is 2.00 bits per heavy atom. The lowest BCUT2D eigenvalue weighted by molar-refractivity contribution is -0.387. The van der Waals surface area contributed by atoms with Gasteiger partial charge in [-0.3, -0.25) is 14.4 Å². The Morgan fingerprint density at radius 2 is 1.50 bits per heavy atom. The lowest BCUT2D eigenvalue weighted by atomic mass is 9.80. The number of hydrogen-bond acceptors (Lipinski definition) is 6. The second-order valence-corrected chi connectivity index (χ2v) is 10.2. The Morgan fingerprint density at radius 1 is 0.972 bits per heavy atom. The first-order valence-corrected chi connectivity index (χ1v) is 12.9. The summed E-state index contributed by atoms with van der Waals surface area (Å²) in [5, 5.41) is 11.8. The van der Waals surface area contributed by atoms with Gasteiger partial charge in [0.15, 0.2) is 4.90 Å². The molecule has 0 radical (unpaired) electrons. The van der Waals surface area contributed by atoms with Gasteiger partial charge in [0.05, 0.1) is 17.6 Å². The number of benzene rings is 3. The van der Waals surface area contributed by atoms with Crippen LogP contribution < -0.4 is 0 Å². The molecule has 0 N–H and O–H groups in total.